The van der Waals surface area contributed by atoms with Crippen LogP contribution in [0, 0.1) is 5.82 Å². The summed E-state index contributed by atoms with van der Waals surface area (Å²) < 4.78 is 13.7. The smallest absolute Gasteiger partial charge is 0.237 e. The van der Waals surface area contributed by atoms with E-state index in [0.29, 0.717) is 24.3 Å². The Labute approximate surface area is 158 Å². The minimum absolute atomic E-state index is 0.127. The highest BCUT2D eigenvalue weighted by molar-refractivity contribution is 5.79. The third-order valence-corrected chi connectivity index (χ3v) is 5.42. The van der Waals surface area contributed by atoms with Gasteiger partial charge in [0.25, 0.3) is 0 Å². The van der Waals surface area contributed by atoms with Gasteiger partial charge in [0.15, 0.2) is 0 Å². The van der Waals surface area contributed by atoms with E-state index in [1.54, 1.807) is 12.3 Å². The third kappa shape index (κ3) is 3.78. The number of hydrogen-bond donors (Lipinski definition) is 1. The molecule has 1 aromatic carbocycles. The van der Waals surface area contributed by atoms with Crippen LogP contribution >= 0.6 is 0 Å². The van der Waals surface area contributed by atoms with E-state index in [2.05, 4.69) is 14.9 Å². The Morgan fingerprint density at radius 3 is 2.81 bits per heavy atom. The summed E-state index contributed by atoms with van der Waals surface area (Å²) in [6, 6.07) is 6.21. The zero-order chi connectivity index (χ0) is 18.8. The molecule has 1 atom stereocenters. The van der Waals surface area contributed by atoms with Crippen molar-refractivity contribution in [1.29, 1.82) is 0 Å². The van der Waals surface area contributed by atoms with Gasteiger partial charge in [0, 0.05) is 18.3 Å². The molecule has 6 nitrogen and oxygen atoms in total. The standard InChI is InChI=1S/C20H24FN5O/c21-15-6-3-5-14(11-15)16-12-23-20(22)24-19(16)17-7-4-10-26(17)18(27)13-25-8-1-2-9-25/h3,5-6,11-12,17H,1-2,4,7-10,13H2,(H2,22,23,24)/t17-/m1/s1. The Morgan fingerprint density at radius 2 is 2.04 bits per heavy atom. The number of halogens is 1. The summed E-state index contributed by atoms with van der Waals surface area (Å²) >= 11 is 0. The molecular formula is C20H24FN5O. The molecule has 0 unspecified atom stereocenters. The molecule has 2 N–H and O–H groups in total. The number of benzene rings is 1. The number of nitrogens with two attached hydrogens (primary N) is 1. The largest absolute Gasteiger partial charge is 0.368 e. The summed E-state index contributed by atoms with van der Waals surface area (Å²) in [5.74, 6) is -0.0190. The van der Waals surface area contributed by atoms with Gasteiger partial charge in [-0.2, -0.15) is 0 Å². The minimum Gasteiger partial charge on any atom is -0.368 e. The Hall–Kier alpha value is -2.54. The van der Waals surface area contributed by atoms with Crippen molar-refractivity contribution in [1.82, 2.24) is 19.8 Å². The van der Waals surface area contributed by atoms with Crippen molar-refractivity contribution in [2.75, 3.05) is 31.9 Å². The molecule has 0 bridgehead atoms. The van der Waals surface area contributed by atoms with E-state index in [9.17, 15) is 9.18 Å². The molecule has 0 spiro atoms. The van der Waals surface area contributed by atoms with Crippen LogP contribution in [0.15, 0.2) is 30.5 Å². The maximum Gasteiger partial charge on any atom is 0.237 e. The van der Waals surface area contributed by atoms with E-state index in [-0.39, 0.29) is 23.7 Å². The van der Waals surface area contributed by atoms with Gasteiger partial charge in [-0.15, -0.1) is 0 Å². The molecule has 4 rings (SSSR count). The van der Waals surface area contributed by atoms with Gasteiger partial charge in [-0.1, -0.05) is 12.1 Å². The first-order chi connectivity index (χ1) is 13.1. The lowest BCUT2D eigenvalue weighted by molar-refractivity contribution is -0.133. The molecule has 1 aromatic heterocycles. The number of carbonyl (C=O) groups excluding carboxylic acids is 1. The molecule has 3 heterocycles. The predicted molar refractivity (Wildman–Crippen MR) is 101 cm³/mol. The number of aromatic nitrogens is 2. The van der Waals surface area contributed by atoms with Crippen molar-refractivity contribution in [3.8, 4) is 11.1 Å². The molecule has 2 fully saturated rings. The van der Waals surface area contributed by atoms with Crippen LogP contribution in [0.25, 0.3) is 11.1 Å². The zero-order valence-corrected chi connectivity index (χ0v) is 15.3. The van der Waals surface area contributed by atoms with Crippen LogP contribution in [0.4, 0.5) is 10.3 Å². The second kappa shape index (κ2) is 7.60. The van der Waals surface area contributed by atoms with Crippen LogP contribution in [-0.4, -0.2) is 51.9 Å². The molecule has 0 saturated carbocycles. The SMILES string of the molecule is Nc1ncc(-c2cccc(F)c2)c([C@H]2CCCN2C(=O)CN2CCCC2)n1. The van der Waals surface area contributed by atoms with Gasteiger partial charge in [-0.25, -0.2) is 14.4 Å². The number of carbonyl (C=O) groups is 1. The maximum atomic E-state index is 13.7. The maximum absolute atomic E-state index is 13.7. The number of rotatable bonds is 4. The Morgan fingerprint density at radius 1 is 1.22 bits per heavy atom. The summed E-state index contributed by atoms with van der Waals surface area (Å²) in [5.41, 5.74) is 7.99. The first kappa shape index (κ1) is 17.9. The number of anilines is 1. The highest BCUT2D eigenvalue weighted by Gasteiger charge is 2.34. The Bertz CT molecular complexity index is 837. The molecule has 2 saturated heterocycles. The van der Waals surface area contributed by atoms with Crippen molar-refractivity contribution in [2.24, 2.45) is 0 Å². The van der Waals surface area contributed by atoms with Crippen LogP contribution < -0.4 is 5.73 Å². The second-order valence-electron chi connectivity index (χ2n) is 7.27. The molecule has 0 aliphatic carbocycles. The quantitative estimate of drug-likeness (QED) is 0.897. The molecule has 1 amide bonds. The molecule has 0 radical (unpaired) electrons. The monoisotopic (exact) mass is 369 g/mol. The normalized spacial score (nSPS) is 20.3. The first-order valence-corrected chi connectivity index (χ1v) is 9.52. The molecule has 27 heavy (non-hydrogen) atoms. The Balaban J connectivity index is 1.65. The second-order valence-corrected chi connectivity index (χ2v) is 7.27. The van der Waals surface area contributed by atoms with Gasteiger partial charge < -0.3 is 10.6 Å². The fourth-order valence-electron chi connectivity index (χ4n) is 4.11. The lowest BCUT2D eigenvalue weighted by Crippen LogP contribution is -2.39. The minimum atomic E-state index is -0.316. The van der Waals surface area contributed by atoms with E-state index in [1.807, 2.05) is 11.0 Å². The summed E-state index contributed by atoms with van der Waals surface area (Å²) in [4.78, 5) is 25.6. The third-order valence-electron chi connectivity index (χ3n) is 5.42. The summed E-state index contributed by atoms with van der Waals surface area (Å²) in [6.07, 6.45) is 5.69. The summed E-state index contributed by atoms with van der Waals surface area (Å²) in [6.45, 7) is 3.13. The van der Waals surface area contributed by atoms with Crippen molar-refractivity contribution in [3.63, 3.8) is 0 Å². The van der Waals surface area contributed by atoms with Crippen LogP contribution in [0.5, 0.6) is 0 Å². The van der Waals surface area contributed by atoms with Gasteiger partial charge in [-0.05, 0) is 56.5 Å². The zero-order valence-electron chi connectivity index (χ0n) is 15.3. The Kier molecular flexibility index (Phi) is 5.03. The van der Waals surface area contributed by atoms with E-state index < -0.39 is 0 Å². The number of nitrogen functional groups attached to an aromatic ring is 1. The molecular weight excluding hydrogens is 345 g/mol. The molecule has 2 aliphatic rings. The van der Waals surface area contributed by atoms with E-state index >= 15 is 0 Å². The van der Waals surface area contributed by atoms with Crippen molar-refractivity contribution < 1.29 is 9.18 Å². The van der Waals surface area contributed by atoms with Gasteiger partial charge in [-0.3, -0.25) is 9.69 Å². The summed E-state index contributed by atoms with van der Waals surface area (Å²) in [7, 11) is 0. The fourth-order valence-corrected chi connectivity index (χ4v) is 4.11. The summed E-state index contributed by atoms with van der Waals surface area (Å²) in [5, 5.41) is 0. The van der Waals surface area contributed by atoms with Gasteiger partial charge in [0.05, 0.1) is 18.3 Å². The average molecular weight is 369 g/mol. The van der Waals surface area contributed by atoms with E-state index in [0.717, 1.165) is 44.3 Å². The predicted octanol–water partition coefficient (Wildman–Crippen LogP) is 2.62. The van der Waals surface area contributed by atoms with Crippen LogP contribution in [0.1, 0.15) is 37.4 Å². The molecule has 142 valence electrons. The number of hydrogen-bond acceptors (Lipinski definition) is 5. The highest BCUT2D eigenvalue weighted by Crippen LogP contribution is 2.37. The fraction of sp³-hybridized carbons (Fsp3) is 0.450. The lowest BCUT2D eigenvalue weighted by Gasteiger charge is -2.28. The van der Waals surface area contributed by atoms with Gasteiger partial charge in [0.1, 0.15) is 5.82 Å². The molecule has 2 aliphatic heterocycles. The number of amides is 1. The lowest BCUT2D eigenvalue weighted by atomic mass is 9.99. The van der Waals surface area contributed by atoms with Crippen molar-refractivity contribution in [3.05, 3.63) is 42.0 Å². The first-order valence-electron chi connectivity index (χ1n) is 9.52. The van der Waals surface area contributed by atoms with E-state index in [4.69, 9.17) is 5.73 Å². The van der Waals surface area contributed by atoms with Crippen LogP contribution in [0.3, 0.4) is 0 Å². The van der Waals surface area contributed by atoms with Gasteiger partial charge in [0.2, 0.25) is 11.9 Å². The van der Waals surface area contributed by atoms with Crippen molar-refractivity contribution in [2.45, 2.75) is 31.7 Å². The van der Waals surface area contributed by atoms with Crippen LogP contribution in [0.2, 0.25) is 0 Å². The van der Waals surface area contributed by atoms with Crippen LogP contribution in [-0.2, 0) is 4.79 Å². The van der Waals surface area contributed by atoms with Gasteiger partial charge >= 0.3 is 0 Å². The number of likely N-dealkylation sites (tertiary alicyclic amines) is 2. The average Bonchev–Trinajstić information content (AvgIpc) is 3.33. The van der Waals surface area contributed by atoms with E-state index in [1.165, 1.54) is 12.1 Å². The molecule has 2 aromatic rings. The molecule has 7 heteroatoms. The number of nitrogens with zero attached hydrogens (tertiary/aromatic N) is 4. The van der Waals surface area contributed by atoms with Crippen molar-refractivity contribution >= 4 is 11.9 Å². The topological polar surface area (TPSA) is 75.3 Å². The highest BCUT2D eigenvalue weighted by atomic mass is 19.1.